The van der Waals surface area contributed by atoms with Crippen LogP contribution in [0.4, 0.5) is 4.39 Å². The van der Waals surface area contributed by atoms with E-state index in [9.17, 15) is 14.0 Å². The Morgan fingerprint density at radius 1 is 0.914 bits per heavy atom. The number of amides is 2. The van der Waals surface area contributed by atoms with Gasteiger partial charge in [0.15, 0.2) is 17.6 Å². The number of carbonyl (C=O) groups is 2. The quantitative estimate of drug-likeness (QED) is 0.482. The second-order valence-electron chi connectivity index (χ2n) is 8.62. The molecule has 3 unspecified atom stereocenters. The number of imide groups is 1. The number of halogens is 1. The van der Waals surface area contributed by atoms with Gasteiger partial charge in [-0.1, -0.05) is 48.5 Å². The van der Waals surface area contributed by atoms with Crippen LogP contribution in [-0.4, -0.2) is 42.0 Å². The van der Waals surface area contributed by atoms with Crippen molar-refractivity contribution in [3.63, 3.8) is 0 Å². The number of nitrogens with zero attached hydrogens (tertiary/aromatic N) is 2. The van der Waals surface area contributed by atoms with Crippen molar-refractivity contribution < 1.29 is 28.3 Å². The van der Waals surface area contributed by atoms with Gasteiger partial charge in [-0.15, -0.1) is 0 Å². The molecule has 2 fully saturated rings. The van der Waals surface area contributed by atoms with E-state index in [1.807, 2.05) is 36.4 Å². The van der Waals surface area contributed by atoms with E-state index in [2.05, 4.69) is 0 Å². The van der Waals surface area contributed by atoms with Crippen molar-refractivity contribution in [2.75, 3.05) is 14.2 Å². The van der Waals surface area contributed by atoms with Gasteiger partial charge < -0.3 is 9.47 Å². The third kappa shape index (κ3) is 4.38. The van der Waals surface area contributed by atoms with E-state index in [0.717, 1.165) is 16.7 Å². The Bertz CT molecular complexity index is 1230. The molecule has 7 nitrogen and oxygen atoms in total. The van der Waals surface area contributed by atoms with Crippen molar-refractivity contribution in [1.29, 1.82) is 0 Å². The van der Waals surface area contributed by atoms with Crippen molar-refractivity contribution in [2.24, 2.45) is 5.92 Å². The second kappa shape index (κ2) is 9.48. The molecule has 3 aromatic rings. The van der Waals surface area contributed by atoms with Gasteiger partial charge in [-0.05, 0) is 41.0 Å². The number of hydroxylamine groups is 2. The Labute approximate surface area is 202 Å². The van der Waals surface area contributed by atoms with Crippen LogP contribution in [0.1, 0.15) is 22.7 Å². The molecule has 2 saturated heterocycles. The maximum Gasteiger partial charge on any atom is 0.261 e. The molecule has 2 heterocycles. The largest absolute Gasteiger partial charge is 0.493 e. The molecule has 0 radical (unpaired) electrons. The fourth-order valence-electron chi connectivity index (χ4n) is 4.68. The van der Waals surface area contributed by atoms with Gasteiger partial charge >= 0.3 is 0 Å². The first-order valence-electron chi connectivity index (χ1n) is 11.3. The van der Waals surface area contributed by atoms with Crippen molar-refractivity contribution >= 4 is 11.8 Å². The maximum absolute atomic E-state index is 13.4. The molecule has 3 atom stereocenters. The first kappa shape index (κ1) is 23.0. The smallest absolute Gasteiger partial charge is 0.261 e. The zero-order chi connectivity index (χ0) is 24.5. The summed E-state index contributed by atoms with van der Waals surface area (Å²) in [5, 5.41) is 1.57. The average Bonchev–Trinajstić information content (AvgIpc) is 3.33. The van der Waals surface area contributed by atoms with Crippen LogP contribution in [-0.2, 0) is 27.6 Å². The molecule has 0 aliphatic carbocycles. The molecule has 0 N–H and O–H groups in total. The van der Waals surface area contributed by atoms with Crippen molar-refractivity contribution in [3.05, 3.63) is 95.3 Å². The number of hydrogen-bond acceptors (Lipinski definition) is 6. The molecule has 0 bridgehead atoms. The molecule has 180 valence electrons. The summed E-state index contributed by atoms with van der Waals surface area (Å²) in [4.78, 5) is 33.5. The number of hydrogen-bond donors (Lipinski definition) is 0. The summed E-state index contributed by atoms with van der Waals surface area (Å²) in [5.41, 5.74) is 2.47. The van der Waals surface area contributed by atoms with Gasteiger partial charge in [0, 0.05) is 7.05 Å². The number of likely N-dealkylation sites (tertiary alicyclic amines) is 1. The van der Waals surface area contributed by atoms with Gasteiger partial charge in [0.25, 0.3) is 5.91 Å². The molecule has 8 heteroatoms. The van der Waals surface area contributed by atoms with E-state index >= 15 is 0 Å². The monoisotopic (exact) mass is 476 g/mol. The van der Waals surface area contributed by atoms with E-state index in [4.69, 9.17) is 14.3 Å². The minimum absolute atomic E-state index is 0.213. The first-order chi connectivity index (χ1) is 17.0. The minimum Gasteiger partial charge on any atom is -0.493 e. The third-order valence-electron chi connectivity index (χ3n) is 6.42. The number of ether oxygens (including phenoxy) is 2. The SMILES string of the molecule is COc1cc(C2C3C(=O)N(Cc4ccccc4)C(=O)C3ON2C)ccc1OCc1ccc(F)cc1. The summed E-state index contributed by atoms with van der Waals surface area (Å²) < 4.78 is 24.6. The normalized spacial score (nSPS) is 21.9. The Morgan fingerprint density at radius 2 is 1.66 bits per heavy atom. The van der Waals surface area contributed by atoms with E-state index in [1.54, 1.807) is 36.4 Å². The van der Waals surface area contributed by atoms with Crippen LogP contribution in [0.2, 0.25) is 0 Å². The van der Waals surface area contributed by atoms with Crippen LogP contribution >= 0.6 is 0 Å². The van der Waals surface area contributed by atoms with Crippen molar-refractivity contribution in [3.8, 4) is 11.5 Å². The highest BCUT2D eigenvalue weighted by atomic mass is 19.1. The topological polar surface area (TPSA) is 68.3 Å². The lowest BCUT2D eigenvalue weighted by Crippen LogP contribution is -2.35. The predicted molar refractivity (Wildman–Crippen MR) is 125 cm³/mol. The van der Waals surface area contributed by atoms with E-state index in [-0.39, 0.29) is 30.8 Å². The van der Waals surface area contributed by atoms with Crippen LogP contribution in [0.3, 0.4) is 0 Å². The van der Waals surface area contributed by atoms with Gasteiger partial charge in [-0.25, -0.2) is 4.39 Å². The standard InChI is InChI=1S/C27H25FN2O5/c1-29-24(23-25(35-29)27(32)30(26(23)31)15-17-6-4-3-5-7-17)19-10-13-21(22(14-19)33-2)34-16-18-8-11-20(28)12-9-18/h3-14,23-25H,15-16H2,1-2H3. The lowest BCUT2D eigenvalue weighted by molar-refractivity contribution is -0.170. The summed E-state index contributed by atoms with van der Waals surface area (Å²) in [6.07, 6.45) is -0.860. The molecule has 3 aromatic carbocycles. The Hall–Kier alpha value is -3.75. The highest BCUT2D eigenvalue weighted by Gasteiger charge is 2.58. The number of methoxy groups -OCH3 is 1. The molecule has 0 saturated carbocycles. The molecular weight excluding hydrogens is 451 g/mol. The molecule has 35 heavy (non-hydrogen) atoms. The number of fused-ring (bicyclic) bond motifs is 1. The third-order valence-corrected chi connectivity index (χ3v) is 6.42. The molecular formula is C27H25FN2O5. The van der Waals surface area contributed by atoms with Gasteiger partial charge in [0.1, 0.15) is 12.4 Å². The summed E-state index contributed by atoms with van der Waals surface area (Å²) in [7, 11) is 3.25. The van der Waals surface area contributed by atoms with E-state index < -0.39 is 18.1 Å². The second-order valence-corrected chi connectivity index (χ2v) is 8.62. The van der Waals surface area contributed by atoms with Crippen LogP contribution < -0.4 is 9.47 Å². The first-order valence-corrected chi connectivity index (χ1v) is 11.3. The van der Waals surface area contributed by atoms with E-state index in [1.165, 1.54) is 24.1 Å². The summed E-state index contributed by atoms with van der Waals surface area (Å²) in [5.74, 6) is -0.554. The minimum atomic E-state index is -0.860. The van der Waals surface area contributed by atoms with Crippen molar-refractivity contribution in [1.82, 2.24) is 9.96 Å². The fraction of sp³-hybridized carbons (Fsp3) is 0.259. The summed E-state index contributed by atoms with van der Waals surface area (Å²) in [6, 6.07) is 20.4. The molecule has 5 rings (SSSR count). The molecule has 2 amide bonds. The number of carbonyl (C=O) groups excluding carboxylic acids is 2. The Balaban J connectivity index is 1.36. The Morgan fingerprint density at radius 3 is 2.37 bits per heavy atom. The van der Waals surface area contributed by atoms with E-state index in [0.29, 0.717) is 11.5 Å². The average molecular weight is 477 g/mol. The molecule has 0 spiro atoms. The summed E-state index contributed by atoms with van der Waals surface area (Å²) in [6.45, 7) is 0.458. The molecule has 0 aromatic heterocycles. The van der Waals surface area contributed by atoms with Gasteiger partial charge in [0.05, 0.1) is 25.6 Å². The van der Waals surface area contributed by atoms with Crippen LogP contribution in [0, 0.1) is 11.7 Å². The van der Waals surface area contributed by atoms with Crippen LogP contribution in [0.5, 0.6) is 11.5 Å². The van der Waals surface area contributed by atoms with Gasteiger partial charge in [-0.3, -0.25) is 19.3 Å². The molecule has 2 aliphatic heterocycles. The Kier molecular flexibility index (Phi) is 6.23. The fourth-order valence-corrected chi connectivity index (χ4v) is 4.68. The predicted octanol–water partition coefficient (Wildman–Crippen LogP) is 3.89. The van der Waals surface area contributed by atoms with Crippen LogP contribution in [0.25, 0.3) is 0 Å². The highest BCUT2D eigenvalue weighted by Crippen LogP contribution is 2.45. The van der Waals surface area contributed by atoms with Gasteiger partial charge in [-0.2, -0.15) is 5.06 Å². The number of benzene rings is 3. The summed E-state index contributed by atoms with van der Waals surface area (Å²) >= 11 is 0. The zero-order valence-corrected chi connectivity index (χ0v) is 19.4. The van der Waals surface area contributed by atoms with Gasteiger partial charge in [0.2, 0.25) is 5.91 Å². The lowest BCUT2D eigenvalue weighted by Gasteiger charge is -2.25. The van der Waals surface area contributed by atoms with Crippen molar-refractivity contribution in [2.45, 2.75) is 25.3 Å². The number of rotatable bonds is 7. The molecule has 2 aliphatic rings. The van der Waals surface area contributed by atoms with Crippen LogP contribution in [0.15, 0.2) is 72.8 Å². The zero-order valence-electron chi connectivity index (χ0n) is 19.4. The lowest BCUT2D eigenvalue weighted by atomic mass is 9.91. The highest BCUT2D eigenvalue weighted by molar-refractivity contribution is 6.07. The maximum atomic E-state index is 13.4.